The quantitative estimate of drug-likeness (QED) is 0.138. The van der Waals surface area contributed by atoms with Crippen molar-refractivity contribution >= 4 is 57.3 Å². The second kappa shape index (κ2) is 13.1. The van der Waals surface area contributed by atoms with E-state index in [1.54, 1.807) is 75.1 Å². The molecule has 262 valence electrons. The predicted molar refractivity (Wildman–Crippen MR) is 204 cm³/mol. The van der Waals surface area contributed by atoms with Gasteiger partial charge in [-0.2, -0.15) is 17.6 Å². The van der Waals surface area contributed by atoms with Crippen molar-refractivity contribution in [3.8, 4) is 30.6 Å². The van der Waals surface area contributed by atoms with Gasteiger partial charge in [0, 0.05) is 59.1 Å². The molecule has 0 amide bonds. The summed E-state index contributed by atoms with van der Waals surface area (Å²) in [5.74, 6) is 0.732. The highest BCUT2D eigenvalue weighted by Gasteiger charge is 2.22. The Balaban J connectivity index is 1.04. The minimum atomic E-state index is -0.389. The third-order valence-corrected chi connectivity index (χ3v) is 11.8. The van der Waals surface area contributed by atoms with Crippen LogP contribution in [0.15, 0.2) is 121 Å². The van der Waals surface area contributed by atoms with Crippen LogP contribution in [-0.4, -0.2) is 18.3 Å². The van der Waals surface area contributed by atoms with Crippen LogP contribution in [0.2, 0.25) is 0 Å². The normalized spacial score (nSPS) is 11.5. The highest BCUT2D eigenvalue weighted by molar-refractivity contribution is 7.25. The molecule has 0 saturated carbocycles. The average molecular weight is 737 g/mol. The number of benzene rings is 2. The lowest BCUT2D eigenvalue weighted by Gasteiger charge is -2.26. The zero-order chi connectivity index (χ0) is 36.3. The third kappa shape index (κ3) is 5.73. The number of halogens is 4. The van der Waals surface area contributed by atoms with Gasteiger partial charge in [-0.25, -0.2) is 0 Å². The number of hydrogen-bond acceptors (Lipinski definition) is 4. The summed E-state index contributed by atoms with van der Waals surface area (Å²) in [6, 6.07) is 36.7. The largest absolute Gasteiger partial charge is 0.307 e. The van der Waals surface area contributed by atoms with Crippen LogP contribution in [0, 0.1) is 23.8 Å². The number of rotatable bonds is 9. The number of thiophene rings is 2. The van der Waals surface area contributed by atoms with Gasteiger partial charge in [-0.3, -0.25) is 9.80 Å². The van der Waals surface area contributed by atoms with Gasteiger partial charge in [-0.05, 0) is 108 Å². The Hall–Kier alpha value is -5.72. The molecule has 0 atom stereocenters. The van der Waals surface area contributed by atoms with Crippen LogP contribution >= 0.6 is 22.7 Å². The lowest BCUT2D eigenvalue weighted by molar-refractivity contribution is 0.530. The van der Waals surface area contributed by atoms with Crippen LogP contribution in [0.1, 0.15) is 0 Å². The van der Waals surface area contributed by atoms with Gasteiger partial charge < -0.3 is 18.3 Å². The van der Waals surface area contributed by atoms with Crippen molar-refractivity contribution < 1.29 is 17.6 Å². The summed E-state index contributed by atoms with van der Waals surface area (Å²) >= 11 is 3.38. The molecule has 0 aliphatic rings. The predicted octanol–water partition coefficient (Wildman–Crippen LogP) is 11.7. The van der Waals surface area contributed by atoms with Gasteiger partial charge in [0.15, 0.2) is 23.8 Å². The fourth-order valence-corrected chi connectivity index (χ4v) is 8.48. The Bertz CT molecular complexity index is 2260. The van der Waals surface area contributed by atoms with Gasteiger partial charge in [0.25, 0.3) is 0 Å². The Labute approximate surface area is 305 Å². The molecule has 0 saturated heterocycles. The van der Waals surface area contributed by atoms with Crippen LogP contribution in [0.5, 0.6) is 0 Å². The molecule has 6 heterocycles. The standard InChI is InChI=1S/C40H32F4N6S2/c1-45-33(41)17-21-37(45)49(38-22-18-34(42)46(38)2)27-9-5-25(6-10-27)29-13-15-31(51-29)32-16-14-30(52-32)26-7-11-28(12-8-26)50(39-23-19-35(43)47(39)3)40-24-20-36(44)48(40)4/h5-24H,1-4H3. The highest BCUT2D eigenvalue weighted by Crippen LogP contribution is 2.43. The smallest absolute Gasteiger partial charge is 0.195 e. The molecule has 0 radical (unpaired) electrons. The van der Waals surface area contributed by atoms with E-state index in [0.717, 1.165) is 42.0 Å². The van der Waals surface area contributed by atoms with Gasteiger partial charge in [0.2, 0.25) is 0 Å². The van der Waals surface area contributed by atoms with Crippen molar-refractivity contribution in [2.24, 2.45) is 28.2 Å². The second-order valence-electron chi connectivity index (χ2n) is 12.4. The number of anilines is 6. The van der Waals surface area contributed by atoms with E-state index in [2.05, 4.69) is 24.3 Å². The van der Waals surface area contributed by atoms with Crippen LogP contribution in [0.3, 0.4) is 0 Å². The summed E-state index contributed by atoms with van der Waals surface area (Å²) < 4.78 is 63.3. The molecule has 12 heteroatoms. The SMILES string of the molecule is Cn1c(F)ccc1N(c1ccc(-c2ccc(-c3ccc(-c4ccc(N(c5ccc(F)n5C)c5ccc(F)n5C)cc4)s3)s2)cc1)c1ccc(F)n1C. The minimum absolute atomic E-state index is 0.389. The third-order valence-electron chi connectivity index (χ3n) is 9.33. The first-order chi connectivity index (χ1) is 25.1. The summed E-state index contributed by atoms with van der Waals surface area (Å²) in [7, 11) is 6.56. The van der Waals surface area contributed by atoms with Crippen LogP contribution in [0.4, 0.5) is 52.2 Å². The summed E-state index contributed by atoms with van der Waals surface area (Å²) in [6.07, 6.45) is 0. The van der Waals surface area contributed by atoms with E-state index in [-0.39, 0.29) is 23.8 Å². The van der Waals surface area contributed by atoms with Crippen LogP contribution in [-0.2, 0) is 28.2 Å². The van der Waals surface area contributed by atoms with E-state index < -0.39 is 0 Å². The zero-order valence-corrected chi connectivity index (χ0v) is 30.2. The monoisotopic (exact) mass is 736 g/mol. The van der Waals surface area contributed by atoms with Gasteiger partial charge in [-0.1, -0.05) is 24.3 Å². The lowest BCUT2D eigenvalue weighted by atomic mass is 10.1. The minimum Gasteiger partial charge on any atom is -0.307 e. The maximum Gasteiger partial charge on any atom is 0.195 e. The van der Waals surface area contributed by atoms with E-state index >= 15 is 0 Å². The molecule has 6 nitrogen and oxygen atoms in total. The zero-order valence-electron chi connectivity index (χ0n) is 28.6. The summed E-state index contributed by atoms with van der Waals surface area (Å²) in [5.41, 5.74) is 3.60. The van der Waals surface area contributed by atoms with Gasteiger partial charge >= 0.3 is 0 Å². The first-order valence-corrected chi connectivity index (χ1v) is 18.0. The van der Waals surface area contributed by atoms with E-state index in [4.69, 9.17) is 0 Å². The molecule has 2 aromatic carbocycles. The van der Waals surface area contributed by atoms with Crippen molar-refractivity contribution in [1.29, 1.82) is 0 Å². The summed E-state index contributed by atoms with van der Waals surface area (Å²) in [6.45, 7) is 0. The van der Waals surface area contributed by atoms with Crippen molar-refractivity contribution in [3.05, 3.63) is 145 Å². The number of hydrogen-bond donors (Lipinski definition) is 0. The van der Waals surface area contributed by atoms with Gasteiger partial charge in [0.1, 0.15) is 23.3 Å². The average Bonchev–Trinajstić information content (AvgIpc) is 4.03. The topological polar surface area (TPSA) is 26.2 Å². The van der Waals surface area contributed by atoms with Crippen LogP contribution < -0.4 is 9.80 Å². The molecule has 6 aromatic heterocycles. The first kappa shape index (κ1) is 33.4. The first-order valence-electron chi connectivity index (χ1n) is 16.3. The Kier molecular flexibility index (Phi) is 8.43. The maximum atomic E-state index is 14.4. The number of nitrogens with zero attached hydrogens (tertiary/aromatic N) is 6. The second-order valence-corrected chi connectivity index (χ2v) is 14.6. The van der Waals surface area contributed by atoms with Crippen LogP contribution in [0.25, 0.3) is 30.6 Å². The molecule has 0 aliphatic carbocycles. The van der Waals surface area contributed by atoms with Gasteiger partial charge in [0.05, 0.1) is 0 Å². The van der Waals surface area contributed by atoms with E-state index in [1.165, 1.54) is 42.5 Å². The van der Waals surface area contributed by atoms with E-state index in [9.17, 15) is 17.6 Å². The molecular weight excluding hydrogens is 705 g/mol. The molecule has 0 bridgehead atoms. The molecule has 8 rings (SSSR count). The molecule has 52 heavy (non-hydrogen) atoms. The fraction of sp³-hybridized carbons (Fsp3) is 0.100. The number of aromatic nitrogens is 4. The van der Waals surface area contributed by atoms with Crippen molar-refractivity contribution in [1.82, 2.24) is 18.3 Å². The molecule has 0 N–H and O–H groups in total. The highest BCUT2D eigenvalue weighted by atomic mass is 32.1. The van der Waals surface area contributed by atoms with Gasteiger partial charge in [-0.15, -0.1) is 22.7 Å². The van der Waals surface area contributed by atoms with Crippen molar-refractivity contribution in [2.45, 2.75) is 0 Å². The molecule has 0 aliphatic heterocycles. The Morgan fingerprint density at radius 3 is 0.865 bits per heavy atom. The summed E-state index contributed by atoms with van der Waals surface area (Å²) in [4.78, 5) is 8.11. The van der Waals surface area contributed by atoms with Crippen molar-refractivity contribution in [3.63, 3.8) is 0 Å². The van der Waals surface area contributed by atoms with Crippen molar-refractivity contribution in [2.75, 3.05) is 9.80 Å². The summed E-state index contributed by atoms with van der Waals surface area (Å²) in [5, 5.41) is 0. The molecule has 0 spiro atoms. The molecular formula is C40H32F4N6S2. The Morgan fingerprint density at radius 2 is 0.615 bits per heavy atom. The molecule has 0 fully saturated rings. The van der Waals surface area contributed by atoms with E-state index in [1.807, 2.05) is 58.3 Å². The Morgan fingerprint density at radius 1 is 0.346 bits per heavy atom. The molecule has 0 unspecified atom stereocenters. The maximum absolute atomic E-state index is 14.4. The van der Waals surface area contributed by atoms with E-state index in [0.29, 0.717) is 23.3 Å². The lowest BCUT2D eigenvalue weighted by Crippen LogP contribution is -2.17. The fourth-order valence-electron chi connectivity index (χ4n) is 6.37. The molecule has 8 aromatic rings.